The Labute approximate surface area is 154 Å². The van der Waals surface area contributed by atoms with Gasteiger partial charge in [-0.05, 0) is 42.3 Å². The SMILES string of the molecule is CC(C)[C@H](Sc1nnc(-c2cccnc2)o1)C(=O)Nc1ccc(F)cc1. The molecule has 134 valence electrons. The van der Waals surface area contributed by atoms with Crippen LogP contribution in [0.5, 0.6) is 0 Å². The molecule has 1 aromatic carbocycles. The zero-order valence-electron chi connectivity index (χ0n) is 14.2. The molecule has 1 atom stereocenters. The van der Waals surface area contributed by atoms with Crippen LogP contribution in [0.15, 0.2) is 58.4 Å². The van der Waals surface area contributed by atoms with Gasteiger partial charge in [0.1, 0.15) is 5.82 Å². The van der Waals surface area contributed by atoms with E-state index in [0.717, 1.165) is 0 Å². The van der Waals surface area contributed by atoms with Gasteiger partial charge in [-0.2, -0.15) is 0 Å². The summed E-state index contributed by atoms with van der Waals surface area (Å²) in [5.41, 5.74) is 1.24. The minimum atomic E-state index is -0.442. The van der Waals surface area contributed by atoms with Gasteiger partial charge < -0.3 is 9.73 Å². The summed E-state index contributed by atoms with van der Waals surface area (Å²) in [7, 11) is 0. The molecule has 8 heteroatoms. The molecule has 0 bridgehead atoms. The number of nitrogens with zero attached hydrogens (tertiary/aromatic N) is 3. The summed E-state index contributed by atoms with van der Waals surface area (Å²) >= 11 is 1.20. The summed E-state index contributed by atoms with van der Waals surface area (Å²) in [5, 5.41) is 10.6. The third kappa shape index (κ3) is 4.45. The summed E-state index contributed by atoms with van der Waals surface area (Å²) in [6.07, 6.45) is 3.28. The number of nitrogens with one attached hydrogen (secondary N) is 1. The van der Waals surface area contributed by atoms with E-state index in [1.807, 2.05) is 19.9 Å². The number of thioether (sulfide) groups is 1. The van der Waals surface area contributed by atoms with E-state index in [2.05, 4.69) is 20.5 Å². The predicted octanol–water partition coefficient (Wildman–Crippen LogP) is 4.03. The first-order valence-corrected chi connectivity index (χ1v) is 8.88. The molecule has 0 fully saturated rings. The molecule has 0 aliphatic carbocycles. The van der Waals surface area contributed by atoms with Gasteiger partial charge in [-0.15, -0.1) is 10.2 Å². The highest BCUT2D eigenvalue weighted by Crippen LogP contribution is 2.30. The Bertz CT molecular complexity index is 868. The molecule has 0 aliphatic rings. The molecule has 3 rings (SSSR count). The van der Waals surface area contributed by atoms with Crippen LogP contribution in [0.4, 0.5) is 10.1 Å². The molecule has 0 spiro atoms. The molecular formula is C18H17FN4O2S. The lowest BCUT2D eigenvalue weighted by molar-refractivity contribution is -0.116. The summed E-state index contributed by atoms with van der Waals surface area (Å²) in [6.45, 7) is 3.86. The van der Waals surface area contributed by atoms with Crippen molar-refractivity contribution in [2.24, 2.45) is 5.92 Å². The van der Waals surface area contributed by atoms with Gasteiger partial charge >= 0.3 is 0 Å². The second kappa shape index (κ2) is 8.09. The fraction of sp³-hybridized carbons (Fsp3) is 0.222. The van der Waals surface area contributed by atoms with Crippen LogP contribution in [0.2, 0.25) is 0 Å². The van der Waals surface area contributed by atoms with E-state index >= 15 is 0 Å². The summed E-state index contributed by atoms with van der Waals surface area (Å²) in [6, 6.07) is 9.22. The highest BCUT2D eigenvalue weighted by atomic mass is 32.2. The van der Waals surface area contributed by atoms with Gasteiger partial charge in [-0.1, -0.05) is 25.6 Å². The lowest BCUT2D eigenvalue weighted by Gasteiger charge is -2.17. The number of hydrogen-bond acceptors (Lipinski definition) is 6. The molecule has 0 unspecified atom stereocenters. The summed E-state index contributed by atoms with van der Waals surface area (Å²) in [5.74, 6) is -0.194. The van der Waals surface area contributed by atoms with E-state index in [1.165, 1.54) is 36.0 Å². The molecule has 0 aliphatic heterocycles. The van der Waals surface area contributed by atoms with Crippen LogP contribution in [0, 0.1) is 11.7 Å². The van der Waals surface area contributed by atoms with Gasteiger partial charge in [-0.25, -0.2) is 4.39 Å². The van der Waals surface area contributed by atoms with Crippen molar-refractivity contribution in [2.75, 3.05) is 5.32 Å². The molecule has 1 N–H and O–H groups in total. The smallest absolute Gasteiger partial charge is 0.277 e. The topological polar surface area (TPSA) is 80.9 Å². The zero-order valence-corrected chi connectivity index (χ0v) is 15.0. The second-order valence-electron chi connectivity index (χ2n) is 5.89. The summed E-state index contributed by atoms with van der Waals surface area (Å²) < 4.78 is 18.6. The van der Waals surface area contributed by atoms with Gasteiger partial charge in [0.15, 0.2) is 0 Å². The number of rotatable bonds is 6. The average molecular weight is 372 g/mol. The Morgan fingerprint density at radius 1 is 1.19 bits per heavy atom. The van der Waals surface area contributed by atoms with Crippen LogP contribution in [0.1, 0.15) is 13.8 Å². The third-order valence-corrected chi connectivity index (χ3v) is 4.90. The first kappa shape index (κ1) is 18.1. The van der Waals surface area contributed by atoms with E-state index in [4.69, 9.17) is 4.42 Å². The van der Waals surface area contributed by atoms with Crippen molar-refractivity contribution in [1.82, 2.24) is 15.2 Å². The van der Waals surface area contributed by atoms with E-state index in [0.29, 0.717) is 22.4 Å². The van der Waals surface area contributed by atoms with Crippen molar-refractivity contribution in [3.05, 3.63) is 54.6 Å². The van der Waals surface area contributed by atoms with Crippen LogP contribution in [-0.2, 0) is 4.79 Å². The number of carbonyl (C=O) groups excluding carboxylic acids is 1. The first-order valence-electron chi connectivity index (χ1n) is 8.00. The predicted molar refractivity (Wildman–Crippen MR) is 97.0 cm³/mol. The average Bonchev–Trinajstić information content (AvgIpc) is 3.11. The molecule has 0 saturated carbocycles. The monoisotopic (exact) mass is 372 g/mol. The first-order chi connectivity index (χ1) is 12.5. The van der Waals surface area contributed by atoms with Crippen molar-refractivity contribution < 1.29 is 13.6 Å². The van der Waals surface area contributed by atoms with Gasteiger partial charge in [0.25, 0.3) is 5.22 Å². The quantitative estimate of drug-likeness (QED) is 0.658. The number of benzene rings is 1. The second-order valence-corrected chi connectivity index (χ2v) is 6.99. The Kier molecular flexibility index (Phi) is 5.62. The van der Waals surface area contributed by atoms with Gasteiger partial charge in [0.05, 0.1) is 10.8 Å². The van der Waals surface area contributed by atoms with E-state index in [1.54, 1.807) is 18.5 Å². The normalized spacial score (nSPS) is 12.2. The Morgan fingerprint density at radius 2 is 1.96 bits per heavy atom. The lowest BCUT2D eigenvalue weighted by atomic mass is 10.1. The van der Waals surface area contributed by atoms with E-state index < -0.39 is 5.25 Å². The number of anilines is 1. The Morgan fingerprint density at radius 3 is 2.62 bits per heavy atom. The number of aromatic nitrogens is 3. The van der Waals surface area contributed by atoms with Crippen LogP contribution < -0.4 is 5.32 Å². The van der Waals surface area contributed by atoms with Crippen molar-refractivity contribution in [2.45, 2.75) is 24.3 Å². The van der Waals surface area contributed by atoms with Crippen LogP contribution >= 0.6 is 11.8 Å². The Balaban J connectivity index is 1.71. The molecule has 3 aromatic rings. The van der Waals surface area contributed by atoms with Crippen LogP contribution in [0.25, 0.3) is 11.5 Å². The fourth-order valence-corrected chi connectivity index (χ4v) is 3.08. The fourth-order valence-electron chi connectivity index (χ4n) is 2.21. The number of carbonyl (C=O) groups is 1. The molecule has 26 heavy (non-hydrogen) atoms. The minimum absolute atomic E-state index is 0.0224. The Hall–Kier alpha value is -2.74. The summed E-state index contributed by atoms with van der Waals surface area (Å²) in [4.78, 5) is 16.6. The van der Waals surface area contributed by atoms with Crippen molar-refractivity contribution in [3.63, 3.8) is 0 Å². The number of pyridine rings is 1. The maximum Gasteiger partial charge on any atom is 0.277 e. The number of hydrogen-bond donors (Lipinski definition) is 1. The molecular weight excluding hydrogens is 355 g/mol. The van der Waals surface area contributed by atoms with Crippen LogP contribution in [0.3, 0.4) is 0 Å². The third-order valence-electron chi connectivity index (χ3n) is 3.52. The highest BCUT2D eigenvalue weighted by Gasteiger charge is 2.26. The van der Waals surface area contributed by atoms with Crippen LogP contribution in [-0.4, -0.2) is 26.3 Å². The molecule has 2 heterocycles. The maximum absolute atomic E-state index is 13.0. The molecule has 0 saturated heterocycles. The van der Waals surface area contributed by atoms with Gasteiger partial charge in [0.2, 0.25) is 11.8 Å². The van der Waals surface area contributed by atoms with E-state index in [-0.39, 0.29) is 17.6 Å². The molecule has 0 radical (unpaired) electrons. The number of halogens is 1. The largest absolute Gasteiger partial charge is 0.411 e. The van der Waals surface area contributed by atoms with Gasteiger partial charge in [0, 0.05) is 18.1 Å². The molecule has 2 aromatic heterocycles. The van der Waals surface area contributed by atoms with Crippen molar-refractivity contribution in [1.29, 1.82) is 0 Å². The van der Waals surface area contributed by atoms with Gasteiger partial charge in [-0.3, -0.25) is 9.78 Å². The standard InChI is InChI=1S/C18H17FN4O2S/c1-11(2)15(16(24)21-14-7-5-13(19)6-8-14)26-18-23-22-17(25-18)12-4-3-9-20-10-12/h3-11,15H,1-2H3,(H,21,24)/t15-/m0/s1. The molecule has 6 nitrogen and oxygen atoms in total. The maximum atomic E-state index is 13.0. The zero-order chi connectivity index (χ0) is 18.5. The number of amides is 1. The van der Waals surface area contributed by atoms with Crippen molar-refractivity contribution in [3.8, 4) is 11.5 Å². The molecule has 1 amide bonds. The van der Waals surface area contributed by atoms with E-state index in [9.17, 15) is 9.18 Å². The minimum Gasteiger partial charge on any atom is -0.411 e. The lowest BCUT2D eigenvalue weighted by Crippen LogP contribution is -2.29. The highest BCUT2D eigenvalue weighted by molar-refractivity contribution is 8.00. The van der Waals surface area contributed by atoms with Crippen molar-refractivity contribution >= 4 is 23.4 Å².